The van der Waals surface area contributed by atoms with Gasteiger partial charge in [0.2, 0.25) is 0 Å². The molecule has 0 aliphatic rings. The van der Waals surface area contributed by atoms with E-state index in [2.05, 4.69) is 63.0 Å². The molecule has 0 aliphatic heterocycles. The van der Waals surface area contributed by atoms with E-state index < -0.39 is 0 Å². The average Bonchev–Trinajstić information content (AvgIpc) is 2.40. The van der Waals surface area contributed by atoms with Crippen LogP contribution in [-0.4, -0.2) is 6.21 Å². The Morgan fingerprint density at radius 3 is 2.63 bits per heavy atom. The molecule has 0 atom stereocenters. The highest BCUT2D eigenvalue weighted by molar-refractivity contribution is 5.90. The van der Waals surface area contributed by atoms with E-state index in [4.69, 9.17) is 0 Å². The Balaban J connectivity index is 2.53. The molecule has 1 nitrogen and oxygen atoms in total. The Morgan fingerprint density at radius 2 is 1.89 bits per heavy atom. The molecule has 0 fully saturated rings. The highest BCUT2D eigenvalue weighted by Gasteiger charge is 2.05. The number of aryl methyl sites for hydroxylation is 2. The van der Waals surface area contributed by atoms with Crippen LogP contribution in [0.15, 0.2) is 41.5 Å². The Kier molecular flexibility index (Phi) is 4.16. The lowest BCUT2D eigenvalue weighted by molar-refractivity contribution is 1.31. The molecule has 0 saturated heterocycles. The van der Waals surface area contributed by atoms with Gasteiger partial charge in [-0.05, 0) is 54.7 Å². The van der Waals surface area contributed by atoms with Crippen LogP contribution in [0, 0.1) is 13.8 Å². The molecule has 0 bridgehead atoms. The fraction of sp³-hybridized carbons (Fsp3) is 0.278. The third-order valence-corrected chi connectivity index (χ3v) is 3.43. The molecular weight excluding hydrogens is 230 g/mol. The van der Waals surface area contributed by atoms with Crippen LogP contribution in [-0.2, 0) is 0 Å². The third kappa shape index (κ3) is 2.93. The minimum Gasteiger partial charge on any atom is -0.269 e. The first-order valence-corrected chi connectivity index (χ1v) is 6.82. The van der Waals surface area contributed by atoms with Crippen molar-refractivity contribution in [1.82, 2.24) is 0 Å². The van der Waals surface area contributed by atoms with Crippen LogP contribution in [0.1, 0.15) is 37.0 Å². The van der Waals surface area contributed by atoms with Crippen molar-refractivity contribution in [3.8, 4) is 0 Å². The van der Waals surface area contributed by atoms with E-state index in [-0.39, 0.29) is 0 Å². The normalized spacial score (nSPS) is 12.5. The lowest BCUT2D eigenvalue weighted by Gasteiger charge is -2.10. The van der Waals surface area contributed by atoms with Crippen molar-refractivity contribution in [2.24, 2.45) is 4.99 Å². The van der Waals surface area contributed by atoms with Gasteiger partial charge in [0.05, 0.1) is 0 Å². The van der Waals surface area contributed by atoms with Crippen molar-refractivity contribution in [1.29, 1.82) is 0 Å². The van der Waals surface area contributed by atoms with E-state index in [9.17, 15) is 0 Å². The number of allylic oxidation sites excluding steroid dienone is 1. The van der Waals surface area contributed by atoms with Crippen molar-refractivity contribution in [3.05, 3.63) is 53.2 Å². The standard InChI is InChI=1S/C18H21N/c1-5-10-19-12-14(3)17-9-8-16-7-6-13(2)11-18(16)15(17)4/h6-12H,5H2,1-4H3/b14-12+,19-10?. The fourth-order valence-corrected chi connectivity index (χ4v) is 2.35. The monoisotopic (exact) mass is 251 g/mol. The van der Waals surface area contributed by atoms with Crippen LogP contribution in [0.5, 0.6) is 0 Å². The molecule has 1 heteroatoms. The van der Waals surface area contributed by atoms with E-state index in [1.165, 1.54) is 33.0 Å². The molecule has 2 aromatic rings. The molecule has 0 aromatic heterocycles. The summed E-state index contributed by atoms with van der Waals surface area (Å²) in [6.45, 7) is 8.55. The van der Waals surface area contributed by atoms with E-state index in [1.807, 2.05) is 12.4 Å². The van der Waals surface area contributed by atoms with Crippen LogP contribution < -0.4 is 0 Å². The summed E-state index contributed by atoms with van der Waals surface area (Å²) in [5.74, 6) is 0. The molecule has 0 N–H and O–H groups in total. The van der Waals surface area contributed by atoms with Gasteiger partial charge >= 0.3 is 0 Å². The van der Waals surface area contributed by atoms with Gasteiger partial charge in [-0.1, -0.05) is 42.8 Å². The first kappa shape index (κ1) is 13.5. The van der Waals surface area contributed by atoms with Crippen LogP contribution in [0.4, 0.5) is 0 Å². The Bertz CT molecular complexity index is 648. The average molecular weight is 251 g/mol. The van der Waals surface area contributed by atoms with Gasteiger partial charge in [0.1, 0.15) is 0 Å². The predicted octanol–water partition coefficient (Wildman–Crippen LogP) is 5.30. The predicted molar refractivity (Wildman–Crippen MR) is 85.9 cm³/mol. The summed E-state index contributed by atoms with van der Waals surface area (Å²) in [5, 5.41) is 2.64. The quantitative estimate of drug-likeness (QED) is 0.656. The van der Waals surface area contributed by atoms with Gasteiger partial charge in [0.15, 0.2) is 0 Å². The number of aliphatic imine (C=N–C) groups is 1. The fourth-order valence-electron chi connectivity index (χ4n) is 2.35. The Morgan fingerprint density at radius 1 is 1.16 bits per heavy atom. The summed E-state index contributed by atoms with van der Waals surface area (Å²) in [6, 6.07) is 11.0. The molecule has 0 heterocycles. The maximum atomic E-state index is 4.32. The maximum Gasteiger partial charge on any atom is 0.0299 e. The second-order valence-electron chi connectivity index (χ2n) is 5.01. The Hall–Kier alpha value is -1.89. The zero-order chi connectivity index (χ0) is 13.8. The molecule has 0 aliphatic carbocycles. The van der Waals surface area contributed by atoms with E-state index in [0.717, 1.165) is 6.42 Å². The first-order valence-electron chi connectivity index (χ1n) is 6.82. The Labute approximate surface area is 115 Å². The van der Waals surface area contributed by atoms with Gasteiger partial charge in [0, 0.05) is 12.4 Å². The lowest BCUT2D eigenvalue weighted by atomic mass is 9.95. The summed E-state index contributed by atoms with van der Waals surface area (Å²) < 4.78 is 0. The van der Waals surface area contributed by atoms with E-state index in [0.29, 0.717) is 0 Å². The summed E-state index contributed by atoms with van der Waals surface area (Å²) >= 11 is 0. The molecule has 0 unspecified atom stereocenters. The summed E-state index contributed by atoms with van der Waals surface area (Å²) in [7, 11) is 0. The smallest absolute Gasteiger partial charge is 0.0299 e. The summed E-state index contributed by atoms with van der Waals surface area (Å²) in [4.78, 5) is 4.32. The first-order chi connectivity index (χ1) is 9.13. The second-order valence-corrected chi connectivity index (χ2v) is 5.01. The van der Waals surface area contributed by atoms with Crippen LogP contribution in [0.25, 0.3) is 16.3 Å². The topological polar surface area (TPSA) is 12.4 Å². The third-order valence-electron chi connectivity index (χ3n) is 3.43. The SMILES string of the molecule is CCC=N/C=C(\C)c1ccc2ccc(C)cc2c1C. The minimum absolute atomic E-state index is 0.972. The van der Waals surface area contributed by atoms with E-state index >= 15 is 0 Å². The molecule has 98 valence electrons. The highest BCUT2D eigenvalue weighted by atomic mass is 14.7. The number of fused-ring (bicyclic) bond motifs is 1. The molecule has 0 radical (unpaired) electrons. The molecule has 0 saturated carbocycles. The second kappa shape index (κ2) is 5.83. The number of hydrogen-bond donors (Lipinski definition) is 0. The lowest BCUT2D eigenvalue weighted by Crippen LogP contribution is -1.88. The summed E-state index contributed by atoms with van der Waals surface area (Å²) in [5.41, 5.74) is 5.14. The van der Waals surface area contributed by atoms with E-state index in [1.54, 1.807) is 0 Å². The molecule has 19 heavy (non-hydrogen) atoms. The van der Waals surface area contributed by atoms with Gasteiger partial charge in [0.25, 0.3) is 0 Å². The number of benzene rings is 2. The van der Waals surface area contributed by atoms with Crippen molar-refractivity contribution < 1.29 is 0 Å². The van der Waals surface area contributed by atoms with Crippen molar-refractivity contribution in [3.63, 3.8) is 0 Å². The summed E-state index contributed by atoms with van der Waals surface area (Å²) in [6.07, 6.45) is 4.86. The molecular formula is C18H21N. The largest absolute Gasteiger partial charge is 0.269 e. The molecule has 0 amide bonds. The van der Waals surface area contributed by atoms with Gasteiger partial charge in [-0.25, -0.2) is 0 Å². The number of nitrogens with zero attached hydrogens (tertiary/aromatic N) is 1. The maximum absolute atomic E-state index is 4.32. The number of hydrogen-bond acceptors (Lipinski definition) is 1. The zero-order valence-corrected chi connectivity index (χ0v) is 12.2. The minimum atomic E-state index is 0.972. The molecule has 2 rings (SSSR count). The van der Waals surface area contributed by atoms with Crippen LogP contribution >= 0.6 is 0 Å². The zero-order valence-electron chi connectivity index (χ0n) is 12.2. The van der Waals surface area contributed by atoms with Crippen LogP contribution in [0.2, 0.25) is 0 Å². The van der Waals surface area contributed by atoms with Gasteiger partial charge in [-0.2, -0.15) is 0 Å². The number of rotatable bonds is 3. The van der Waals surface area contributed by atoms with Crippen molar-refractivity contribution >= 4 is 22.6 Å². The van der Waals surface area contributed by atoms with Gasteiger partial charge in [-0.15, -0.1) is 0 Å². The van der Waals surface area contributed by atoms with Crippen LogP contribution in [0.3, 0.4) is 0 Å². The van der Waals surface area contributed by atoms with Gasteiger partial charge < -0.3 is 0 Å². The van der Waals surface area contributed by atoms with Crippen molar-refractivity contribution in [2.45, 2.75) is 34.1 Å². The van der Waals surface area contributed by atoms with Crippen molar-refractivity contribution in [2.75, 3.05) is 0 Å². The van der Waals surface area contributed by atoms with Gasteiger partial charge in [-0.3, -0.25) is 4.99 Å². The molecule has 0 spiro atoms. The molecule has 2 aromatic carbocycles. The highest BCUT2D eigenvalue weighted by Crippen LogP contribution is 2.27.